The Labute approximate surface area is 133 Å². The number of rotatable bonds is 6. The Hall–Kier alpha value is -0.930. The lowest BCUT2D eigenvalue weighted by Crippen LogP contribution is -2.34. The molecule has 0 saturated carbocycles. The molecule has 0 fully saturated rings. The summed E-state index contributed by atoms with van der Waals surface area (Å²) in [7, 11) is 1.73. The molecule has 1 N–H and O–H groups in total. The lowest BCUT2D eigenvalue weighted by Gasteiger charge is -2.23. The van der Waals surface area contributed by atoms with Crippen LogP contribution in [0.4, 0.5) is 0 Å². The fourth-order valence-corrected chi connectivity index (χ4v) is 4.24. The normalized spacial score (nSPS) is 13.8. The van der Waals surface area contributed by atoms with Crippen molar-refractivity contribution in [1.29, 1.82) is 0 Å². The number of aromatic nitrogens is 2. The van der Waals surface area contributed by atoms with Gasteiger partial charge < -0.3 is 9.47 Å². The SMILES string of the molecule is CN(C)[C@H](CNS(=O)(=O)c1ncn(C)c1Cl)c1cccs1. The third-order valence-electron chi connectivity index (χ3n) is 3.05. The Morgan fingerprint density at radius 1 is 1.52 bits per heavy atom. The Kier molecular flexibility index (Phi) is 5.05. The molecular weight excluding hydrogens is 332 g/mol. The minimum atomic E-state index is -3.73. The van der Waals surface area contributed by atoms with Gasteiger partial charge in [0.05, 0.1) is 12.4 Å². The van der Waals surface area contributed by atoms with Crippen molar-refractivity contribution in [3.8, 4) is 0 Å². The highest BCUT2D eigenvalue weighted by molar-refractivity contribution is 7.89. The van der Waals surface area contributed by atoms with E-state index in [4.69, 9.17) is 11.6 Å². The number of halogens is 1. The van der Waals surface area contributed by atoms with Gasteiger partial charge in [-0.15, -0.1) is 11.3 Å². The molecule has 2 heterocycles. The van der Waals surface area contributed by atoms with Gasteiger partial charge in [0, 0.05) is 18.5 Å². The molecule has 0 radical (unpaired) electrons. The second-order valence-electron chi connectivity index (χ2n) is 4.80. The molecule has 0 aliphatic rings. The minimum Gasteiger partial charge on any atom is -0.324 e. The first-order valence-corrected chi connectivity index (χ1v) is 8.93. The van der Waals surface area contributed by atoms with E-state index in [1.165, 1.54) is 10.9 Å². The summed E-state index contributed by atoms with van der Waals surface area (Å²) in [6, 6.07) is 3.89. The van der Waals surface area contributed by atoms with Crippen LogP contribution in [0.3, 0.4) is 0 Å². The van der Waals surface area contributed by atoms with Gasteiger partial charge >= 0.3 is 0 Å². The topological polar surface area (TPSA) is 67.2 Å². The van der Waals surface area contributed by atoms with Gasteiger partial charge in [-0.1, -0.05) is 17.7 Å². The second kappa shape index (κ2) is 6.45. The van der Waals surface area contributed by atoms with Crippen molar-refractivity contribution in [1.82, 2.24) is 19.2 Å². The van der Waals surface area contributed by atoms with Crippen molar-refractivity contribution >= 4 is 33.0 Å². The predicted octanol–water partition coefficient (Wildman–Crippen LogP) is 1.72. The molecule has 0 unspecified atom stereocenters. The Morgan fingerprint density at radius 3 is 2.71 bits per heavy atom. The molecule has 116 valence electrons. The summed E-state index contributed by atoms with van der Waals surface area (Å²) >= 11 is 7.53. The van der Waals surface area contributed by atoms with Crippen LogP contribution in [0.25, 0.3) is 0 Å². The van der Waals surface area contributed by atoms with E-state index in [1.807, 2.05) is 36.5 Å². The van der Waals surface area contributed by atoms with Gasteiger partial charge in [-0.3, -0.25) is 0 Å². The van der Waals surface area contributed by atoms with Crippen molar-refractivity contribution < 1.29 is 8.42 Å². The molecule has 0 bridgehead atoms. The minimum absolute atomic E-state index is 0.0396. The summed E-state index contributed by atoms with van der Waals surface area (Å²) in [5.74, 6) is 0. The van der Waals surface area contributed by atoms with E-state index >= 15 is 0 Å². The number of thiophene rings is 1. The van der Waals surface area contributed by atoms with Crippen molar-refractivity contribution in [3.63, 3.8) is 0 Å². The molecule has 1 atom stereocenters. The lowest BCUT2D eigenvalue weighted by molar-refractivity contribution is 0.303. The Bertz CT molecular complexity index is 695. The van der Waals surface area contributed by atoms with Crippen LogP contribution in [0.2, 0.25) is 5.15 Å². The zero-order valence-electron chi connectivity index (χ0n) is 11.9. The molecule has 0 amide bonds. The summed E-state index contributed by atoms with van der Waals surface area (Å²) in [5.41, 5.74) is 0. The van der Waals surface area contributed by atoms with E-state index in [1.54, 1.807) is 18.4 Å². The lowest BCUT2D eigenvalue weighted by atomic mass is 10.2. The fourth-order valence-electron chi connectivity index (χ4n) is 1.85. The van der Waals surface area contributed by atoms with E-state index in [0.29, 0.717) is 0 Å². The molecule has 21 heavy (non-hydrogen) atoms. The van der Waals surface area contributed by atoms with Crippen LogP contribution >= 0.6 is 22.9 Å². The number of likely N-dealkylation sites (N-methyl/N-ethyl adjacent to an activating group) is 1. The summed E-state index contributed by atoms with van der Waals surface area (Å²) in [6.45, 7) is 0.253. The van der Waals surface area contributed by atoms with Gasteiger partial charge in [-0.05, 0) is 25.5 Å². The first-order valence-electron chi connectivity index (χ1n) is 6.19. The van der Waals surface area contributed by atoms with Crippen LogP contribution < -0.4 is 4.72 Å². The largest absolute Gasteiger partial charge is 0.324 e. The van der Waals surface area contributed by atoms with Gasteiger partial charge in [-0.2, -0.15) is 0 Å². The number of aryl methyl sites for hydroxylation is 1. The predicted molar refractivity (Wildman–Crippen MR) is 84.2 cm³/mol. The third-order valence-corrected chi connectivity index (χ3v) is 5.94. The zero-order chi connectivity index (χ0) is 15.6. The average Bonchev–Trinajstić information content (AvgIpc) is 3.01. The van der Waals surface area contributed by atoms with Crippen LogP contribution in [-0.2, 0) is 17.1 Å². The number of hydrogen-bond donors (Lipinski definition) is 1. The smallest absolute Gasteiger partial charge is 0.261 e. The van der Waals surface area contributed by atoms with Crippen LogP contribution in [0, 0.1) is 0 Å². The number of hydrogen-bond acceptors (Lipinski definition) is 5. The number of nitrogens with zero attached hydrogens (tertiary/aromatic N) is 3. The summed E-state index contributed by atoms with van der Waals surface area (Å²) < 4.78 is 28.6. The molecule has 0 aliphatic heterocycles. The first-order chi connectivity index (χ1) is 9.83. The summed E-state index contributed by atoms with van der Waals surface area (Å²) in [5, 5.41) is 1.92. The van der Waals surface area contributed by atoms with Gasteiger partial charge in [0.15, 0.2) is 0 Å². The standard InChI is InChI=1S/C12H17ClN4O2S2/c1-16(2)9(10-5-4-6-20-10)7-15-21(18,19)12-11(13)17(3)8-14-12/h4-6,8-9,15H,7H2,1-3H3/t9-/m1/s1. The molecule has 0 saturated heterocycles. The number of sulfonamides is 1. The maximum Gasteiger partial charge on any atom is 0.261 e. The highest BCUT2D eigenvalue weighted by Crippen LogP contribution is 2.24. The van der Waals surface area contributed by atoms with E-state index in [0.717, 1.165) is 4.88 Å². The molecule has 0 spiro atoms. The second-order valence-corrected chi connectivity index (χ2v) is 7.82. The third kappa shape index (κ3) is 3.64. The van der Waals surface area contributed by atoms with Crippen LogP contribution in [0.1, 0.15) is 10.9 Å². The van der Waals surface area contributed by atoms with E-state index in [2.05, 4.69) is 9.71 Å². The van der Waals surface area contributed by atoms with Crippen molar-refractivity contribution in [3.05, 3.63) is 33.9 Å². The number of nitrogens with one attached hydrogen (secondary N) is 1. The van der Waals surface area contributed by atoms with Gasteiger partial charge in [0.2, 0.25) is 5.03 Å². The fraction of sp³-hybridized carbons (Fsp3) is 0.417. The van der Waals surface area contributed by atoms with Crippen molar-refractivity contribution in [2.75, 3.05) is 20.6 Å². The molecule has 2 rings (SSSR count). The first kappa shape index (κ1) is 16.4. The van der Waals surface area contributed by atoms with E-state index < -0.39 is 10.0 Å². The highest BCUT2D eigenvalue weighted by Gasteiger charge is 2.24. The Morgan fingerprint density at radius 2 is 2.24 bits per heavy atom. The van der Waals surface area contributed by atoms with Gasteiger partial charge in [0.1, 0.15) is 5.15 Å². The summed E-state index contributed by atoms with van der Waals surface area (Å²) in [6.07, 6.45) is 1.37. The zero-order valence-corrected chi connectivity index (χ0v) is 14.3. The maximum atomic E-state index is 12.3. The molecule has 0 aromatic carbocycles. The maximum absolute atomic E-state index is 12.3. The van der Waals surface area contributed by atoms with Crippen LogP contribution in [0.5, 0.6) is 0 Å². The summed E-state index contributed by atoms with van der Waals surface area (Å²) in [4.78, 5) is 6.90. The highest BCUT2D eigenvalue weighted by atomic mass is 35.5. The number of imidazole rings is 1. The molecular formula is C12H17ClN4O2S2. The average molecular weight is 349 g/mol. The van der Waals surface area contributed by atoms with E-state index in [9.17, 15) is 8.42 Å². The van der Waals surface area contributed by atoms with Gasteiger partial charge in [0.25, 0.3) is 10.0 Å². The van der Waals surface area contributed by atoms with Crippen molar-refractivity contribution in [2.45, 2.75) is 11.1 Å². The molecule has 9 heteroatoms. The van der Waals surface area contributed by atoms with Gasteiger partial charge in [-0.25, -0.2) is 18.1 Å². The monoisotopic (exact) mass is 348 g/mol. The molecule has 2 aromatic rings. The van der Waals surface area contributed by atoms with Crippen LogP contribution in [-0.4, -0.2) is 43.5 Å². The van der Waals surface area contributed by atoms with E-state index in [-0.39, 0.29) is 22.8 Å². The molecule has 2 aromatic heterocycles. The molecule has 6 nitrogen and oxygen atoms in total. The quantitative estimate of drug-likeness (QED) is 0.863. The van der Waals surface area contributed by atoms with Crippen LogP contribution in [0.15, 0.2) is 28.9 Å². The Balaban J connectivity index is 2.15. The molecule has 0 aliphatic carbocycles. The van der Waals surface area contributed by atoms with Crippen molar-refractivity contribution in [2.24, 2.45) is 7.05 Å².